The average molecular weight is 217 g/mol. The van der Waals surface area contributed by atoms with E-state index >= 15 is 0 Å². The second-order valence-electron chi connectivity index (χ2n) is 1.62. The molecule has 0 fully saturated rings. The monoisotopic (exact) mass is 218 g/mol. The molecule has 0 saturated carbocycles. The number of hydrogen-bond acceptors (Lipinski definition) is 0. The van der Waals surface area contributed by atoms with Crippen LogP contribution in [0.2, 0.25) is 0 Å². The normalized spacial score (nSPS) is 10.6. The molecule has 1 rings (SSSR count). The van der Waals surface area contributed by atoms with Crippen LogP contribution in [0, 0.1) is 0 Å². The van der Waals surface area contributed by atoms with Crippen LogP contribution >= 0.6 is 0 Å². The van der Waals surface area contributed by atoms with Crippen molar-refractivity contribution in [3.8, 4) is 0 Å². The minimum atomic E-state index is -1.95. The molecule has 2 heteroatoms. The third kappa shape index (κ3) is 1.47. The molecule has 0 aliphatic rings. The van der Waals surface area contributed by atoms with Gasteiger partial charge in [-0.2, -0.15) is 0 Å². The Balaban J connectivity index is 2.83. The Morgan fingerprint density at radius 3 is 2.12 bits per heavy atom. The van der Waals surface area contributed by atoms with Crippen LogP contribution in [0.25, 0.3) is 0 Å². The van der Waals surface area contributed by atoms with Gasteiger partial charge in [0.2, 0.25) is 0 Å². The van der Waals surface area contributed by atoms with Gasteiger partial charge in [0.1, 0.15) is 0 Å². The van der Waals surface area contributed by atoms with Gasteiger partial charge in [-0.15, -0.1) is 0 Å². The van der Waals surface area contributed by atoms with Crippen LogP contribution in [0.3, 0.4) is 0 Å². The Kier molecular flexibility index (Phi) is 2.33. The number of rotatable bonds is 1. The van der Waals surface area contributed by atoms with Crippen molar-refractivity contribution in [3.05, 3.63) is 30.3 Å². The third-order valence-electron chi connectivity index (χ3n) is 0.997. The van der Waals surface area contributed by atoms with Gasteiger partial charge in [0.25, 0.3) is 0 Å². The van der Waals surface area contributed by atoms with Crippen molar-refractivity contribution < 1.29 is 2.87 Å². The molecule has 0 bridgehead atoms. The summed E-state index contributed by atoms with van der Waals surface area (Å²) in [5.41, 5.74) is 0. The molecular formula is C6H7FSn. The number of halogens is 1. The Labute approximate surface area is 58.7 Å². The molecular weight excluding hydrogens is 210 g/mol. The van der Waals surface area contributed by atoms with Crippen molar-refractivity contribution >= 4 is 25.3 Å². The first-order valence-corrected chi connectivity index (χ1v) is 6.08. The molecule has 0 aliphatic heterocycles. The van der Waals surface area contributed by atoms with Gasteiger partial charge in [-0.25, -0.2) is 0 Å². The fourth-order valence-electron chi connectivity index (χ4n) is 0.567. The van der Waals surface area contributed by atoms with E-state index in [2.05, 4.69) is 0 Å². The van der Waals surface area contributed by atoms with Crippen molar-refractivity contribution in [2.24, 2.45) is 0 Å². The van der Waals surface area contributed by atoms with Gasteiger partial charge < -0.3 is 0 Å². The zero-order chi connectivity index (χ0) is 5.82. The summed E-state index contributed by atoms with van der Waals surface area (Å²) in [5.74, 6) is 0. The standard InChI is InChI=1S/C6H5.FH.Sn.2H/c1-2-4-6-5-3-1;;;;/h1-5H;1H;;;/q;;+1;;/p-1. The fourth-order valence-corrected chi connectivity index (χ4v) is 1.85. The van der Waals surface area contributed by atoms with Crippen molar-refractivity contribution in [2.45, 2.75) is 0 Å². The number of benzene rings is 1. The van der Waals surface area contributed by atoms with Gasteiger partial charge in [-0.3, -0.25) is 0 Å². The number of hydrogen-bond donors (Lipinski definition) is 0. The van der Waals surface area contributed by atoms with Gasteiger partial charge in [-0.1, -0.05) is 0 Å². The summed E-state index contributed by atoms with van der Waals surface area (Å²) in [5, 5.41) is 0. The van der Waals surface area contributed by atoms with Gasteiger partial charge in [-0.05, 0) is 0 Å². The minimum absolute atomic E-state index is 0.953. The van der Waals surface area contributed by atoms with E-state index in [-0.39, 0.29) is 0 Å². The topological polar surface area (TPSA) is 0 Å². The molecule has 42 valence electrons. The van der Waals surface area contributed by atoms with Crippen LogP contribution in [0.1, 0.15) is 0 Å². The molecule has 0 aromatic heterocycles. The maximum absolute atomic E-state index is 11.9. The van der Waals surface area contributed by atoms with Gasteiger partial charge >= 0.3 is 58.5 Å². The zero-order valence-corrected chi connectivity index (χ0v) is 8.51. The van der Waals surface area contributed by atoms with E-state index in [0.29, 0.717) is 0 Å². The molecule has 0 heterocycles. The van der Waals surface area contributed by atoms with Crippen LogP contribution in [0.15, 0.2) is 30.3 Å². The molecule has 0 N–H and O–H groups in total. The third-order valence-corrected chi connectivity index (χ3v) is 3.22. The van der Waals surface area contributed by atoms with E-state index in [1.807, 2.05) is 30.3 Å². The molecule has 0 spiro atoms. The van der Waals surface area contributed by atoms with Crippen LogP contribution in [0.4, 0.5) is 2.87 Å². The predicted octanol–water partition coefficient (Wildman–Crippen LogP) is 0.365. The Bertz CT molecular complexity index is 150. The summed E-state index contributed by atoms with van der Waals surface area (Å²) in [6, 6.07) is 9.38. The van der Waals surface area contributed by atoms with Crippen molar-refractivity contribution in [1.82, 2.24) is 0 Å². The molecule has 0 aliphatic carbocycles. The second kappa shape index (κ2) is 3.07. The quantitative estimate of drug-likeness (QED) is 0.596. The molecule has 0 amide bonds. The van der Waals surface area contributed by atoms with Crippen molar-refractivity contribution in [2.75, 3.05) is 0 Å². The second-order valence-corrected chi connectivity index (χ2v) is 4.71. The molecule has 0 nitrogen and oxygen atoms in total. The molecule has 0 unspecified atom stereocenters. The van der Waals surface area contributed by atoms with Gasteiger partial charge in [0.15, 0.2) is 0 Å². The van der Waals surface area contributed by atoms with E-state index < -0.39 is 21.7 Å². The van der Waals surface area contributed by atoms with Crippen LogP contribution in [0.5, 0.6) is 0 Å². The molecule has 1 aromatic rings. The van der Waals surface area contributed by atoms with Gasteiger partial charge in [0.05, 0.1) is 0 Å². The molecule has 8 heavy (non-hydrogen) atoms. The first-order chi connectivity index (χ1) is 3.93. The fraction of sp³-hybridized carbons (Fsp3) is 0. The maximum atomic E-state index is 11.9. The summed E-state index contributed by atoms with van der Waals surface area (Å²) in [6.07, 6.45) is 0. The van der Waals surface area contributed by atoms with E-state index in [9.17, 15) is 2.87 Å². The summed E-state index contributed by atoms with van der Waals surface area (Å²) in [6.45, 7) is 0. The van der Waals surface area contributed by atoms with E-state index in [1.54, 1.807) is 0 Å². The Morgan fingerprint density at radius 1 is 1.12 bits per heavy atom. The molecule has 1 aromatic carbocycles. The molecule has 0 saturated heterocycles. The summed E-state index contributed by atoms with van der Waals surface area (Å²) >= 11 is -1.95. The predicted molar refractivity (Wildman–Crippen MR) is 35.7 cm³/mol. The molecule has 0 radical (unpaired) electrons. The van der Waals surface area contributed by atoms with E-state index in [1.165, 1.54) is 0 Å². The van der Waals surface area contributed by atoms with E-state index in [0.717, 1.165) is 3.58 Å². The van der Waals surface area contributed by atoms with Crippen LogP contribution in [-0.2, 0) is 0 Å². The Morgan fingerprint density at radius 2 is 1.75 bits per heavy atom. The zero-order valence-electron chi connectivity index (χ0n) is 4.47. The van der Waals surface area contributed by atoms with E-state index in [4.69, 9.17) is 0 Å². The Hall–Kier alpha value is -0.0513. The first-order valence-electron chi connectivity index (χ1n) is 2.53. The van der Waals surface area contributed by atoms with Crippen LogP contribution < -0.4 is 3.58 Å². The van der Waals surface area contributed by atoms with Gasteiger partial charge in [0, 0.05) is 0 Å². The van der Waals surface area contributed by atoms with Crippen molar-refractivity contribution in [1.29, 1.82) is 0 Å². The first kappa shape index (κ1) is 6.07. The van der Waals surface area contributed by atoms with Crippen molar-refractivity contribution in [3.63, 3.8) is 0 Å². The molecule has 0 atom stereocenters. The average Bonchev–Trinajstić information content (AvgIpc) is 1.90. The SMILES string of the molecule is [F][SnH2][c]1ccccc1. The summed E-state index contributed by atoms with van der Waals surface area (Å²) in [7, 11) is 0. The van der Waals surface area contributed by atoms with Crippen LogP contribution in [-0.4, -0.2) is 21.7 Å². The summed E-state index contributed by atoms with van der Waals surface area (Å²) < 4.78 is 12.9. The summed E-state index contributed by atoms with van der Waals surface area (Å²) in [4.78, 5) is 0.